The molecule has 0 bridgehead atoms. The van der Waals surface area contributed by atoms with Gasteiger partial charge in [0.2, 0.25) is 0 Å². The van der Waals surface area contributed by atoms with Gasteiger partial charge in [0.15, 0.2) is 0 Å². The molecule has 1 aromatic rings. The van der Waals surface area contributed by atoms with E-state index in [2.05, 4.69) is 54.0 Å². The zero-order valence-electron chi connectivity index (χ0n) is 8.96. The normalized spacial score (nSPS) is 10.9. The molecule has 14 heavy (non-hydrogen) atoms. The molecule has 78 valence electrons. The Morgan fingerprint density at radius 3 is 1.93 bits per heavy atom. The van der Waals surface area contributed by atoms with Gasteiger partial charge in [-0.15, -0.1) is 0 Å². The molecule has 0 saturated carbocycles. The van der Waals surface area contributed by atoms with Crippen LogP contribution in [0.4, 0.5) is 0 Å². The minimum absolute atomic E-state index is 0.703. The molecular weight excluding hydrogens is 299 g/mol. The molecule has 0 aliphatic rings. The molecule has 0 saturated heterocycles. The van der Waals surface area contributed by atoms with E-state index in [4.69, 9.17) is 0 Å². The standard InChI is InChI=1S/C12H18AsBr/c1-3-9-13(10-4-2)11-5-7-12(14)8-6-11/h5-8H,3-4,9-10H2,1-2H3. The van der Waals surface area contributed by atoms with Crippen LogP contribution in [0.25, 0.3) is 0 Å². The van der Waals surface area contributed by atoms with Gasteiger partial charge in [-0.05, 0) is 0 Å². The van der Waals surface area contributed by atoms with Crippen molar-refractivity contribution in [3.63, 3.8) is 0 Å². The summed E-state index contributed by atoms with van der Waals surface area (Å²) in [5.41, 5.74) is 0. The molecule has 1 aromatic carbocycles. The van der Waals surface area contributed by atoms with Crippen molar-refractivity contribution >= 4 is 34.9 Å². The Kier molecular flexibility index (Phi) is 5.89. The zero-order valence-corrected chi connectivity index (χ0v) is 12.4. The van der Waals surface area contributed by atoms with Crippen LogP contribution in [0.2, 0.25) is 10.4 Å². The summed E-state index contributed by atoms with van der Waals surface area (Å²) in [6.07, 6.45) is 2.69. The number of hydrogen-bond donors (Lipinski definition) is 0. The monoisotopic (exact) mass is 316 g/mol. The van der Waals surface area contributed by atoms with Gasteiger partial charge in [0.05, 0.1) is 0 Å². The predicted octanol–water partition coefficient (Wildman–Crippen LogP) is 3.97. The summed E-state index contributed by atoms with van der Waals surface area (Å²) in [5, 5.41) is 2.92. The molecule has 1 rings (SSSR count). The van der Waals surface area contributed by atoms with Crippen LogP contribution in [-0.2, 0) is 0 Å². The maximum absolute atomic E-state index is 3.49. The van der Waals surface area contributed by atoms with Crippen LogP contribution in [0.3, 0.4) is 0 Å². The summed E-state index contributed by atoms with van der Waals surface area (Å²) in [4.78, 5) is 0. The van der Waals surface area contributed by atoms with Crippen LogP contribution in [0.5, 0.6) is 0 Å². The molecule has 0 unspecified atom stereocenters. The second-order valence-corrected chi connectivity index (χ2v) is 9.60. The van der Waals surface area contributed by atoms with E-state index in [0.29, 0.717) is 0 Å². The van der Waals surface area contributed by atoms with Gasteiger partial charge in [-0.3, -0.25) is 0 Å². The van der Waals surface area contributed by atoms with Gasteiger partial charge in [-0.2, -0.15) is 0 Å². The van der Waals surface area contributed by atoms with Crippen molar-refractivity contribution in [3.05, 3.63) is 28.7 Å². The van der Waals surface area contributed by atoms with E-state index >= 15 is 0 Å². The second kappa shape index (κ2) is 6.69. The van der Waals surface area contributed by atoms with Gasteiger partial charge in [0, 0.05) is 0 Å². The fourth-order valence-electron chi connectivity index (χ4n) is 1.56. The fourth-order valence-corrected chi connectivity index (χ4v) is 6.84. The van der Waals surface area contributed by atoms with Crippen LogP contribution in [0.15, 0.2) is 28.7 Å². The van der Waals surface area contributed by atoms with Gasteiger partial charge in [0.1, 0.15) is 0 Å². The zero-order chi connectivity index (χ0) is 10.4. The third-order valence-electron chi connectivity index (χ3n) is 2.18. The number of benzene rings is 1. The van der Waals surface area contributed by atoms with Crippen molar-refractivity contribution in [3.8, 4) is 0 Å². The molecule has 0 aliphatic heterocycles. The molecule has 0 nitrogen and oxygen atoms in total. The van der Waals surface area contributed by atoms with Crippen molar-refractivity contribution < 1.29 is 0 Å². The van der Waals surface area contributed by atoms with Gasteiger partial charge < -0.3 is 0 Å². The van der Waals surface area contributed by atoms with Crippen molar-refractivity contribution in [2.45, 2.75) is 37.1 Å². The van der Waals surface area contributed by atoms with Crippen molar-refractivity contribution in [1.29, 1.82) is 0 Å². The third-order valence-corrected chi connectivity index (χ3v) is 9.01. The fraction of sp³-hybridized carbons (Fsp3) is 0.500. The first kappa shape index (κ1) is 12.3. The van der Waals surface area contributed by atoms with E-state index < -0.39 is 14.7 Å². The summed E-state index contributed by atoms with van der Waals surface area (Å²) in [6.45, 7) is 4.60. The van der Waals surface area contributed by atoms with Gasteiger partial charge in [0.25, 0.3) is 0 Å². The van der Waals surface area contributed by atoms with Crippen molar-refractivity contribution in [1.82, 2.24) is 0 Å². The summed E-state index contributed by atoms with van der Waals surface area (Å²) < 4.78 is 2.84. The molecule has 0 heterocycles. The molecule has 0 aromatic heterocycles. The Hall–Kier alpha value is 0.258. The molecule has 2 heteroatoms. The van der Waals surface area contributed by atoms with E-state index in [0.717, 1.165) is 0 Å². The Bertz CT molecular complexity index is 250. The van der Waals surface area contributed by atoms with E-state index in [-0.39, 0.29) is 0 Å². The quantitative estimate of drug-likeness (QED) is 0.721. The van der Waals surface area contributed by atoms with Crippen molar-refractivity contribution in [2.75, 3.05) is 0 Å². The molecule has 0 atom stereocenters. The van der Waals surface area contributed by atoms with Gasteiger partial charge >= 0.3 is 101 Å². The van der Waals surface area contributed by atoms with Gasteiger partial charge in [-0.25, -0.2) is 0 Å². The van der Waals surface area contributed by atoms with E-state index in [9.17, 15) is 0 Å². The maximum atomic E-state index is 3.49. The molecule has 0 aliphatic carbocycles. The first-order valence-corrected chi connectivity index (χ1v) is 9.67. The van der Waals surface area contributed by atoms with E-state index in [1.165, 1.54) is 27.7 Å². The second-order valence-electron chi connectivity index (χ2n) is 3.46. The molecule has 0 spiro atoms. The summed E-state index contributed by atoms with van der Waals surface area (Å²) in [7, 11) is 0. The Labute approximate surface area is 100 Å². The average molecular weight is 317 g/mol. The SMILES string of the molecule is CCC[As](CCC)c1ccc(Br)cc1. The Balaban J connectivity index is 2.71. The van der Waals surface area contributed by atoms with Crippen LogP contribution in [0, 0.1) is 0 Å². The summed E-state index contributed by atoms with van der Waals surface area (Å²) in [5.74, 6) is 0. The first-order chi connectivity index (χ1) is 6.77. The molecule has 0 amide bonds. The number of hydrogen-bond acceptors (Lipinski definition) is 0. The van der Waals surface area contributed by atoms with Crippen LogP contribution >= 0.6 is 15.9 Å². The molecule has 0 radical (unpaired) electrons. The van der Waals surface area contributed by atoms with Crippen LogP contribution in [-0.4, -0.2) is 14.7 Å². The van der Waals surface area contributed by atoms with Crippen molar-refractivity contribution in [2.24, 2.45) is 0 Å². The Morgan fingerprint density at radius 2 is 1.50 bits per heavy atom. The van der Waals surface area contributed by atoms with Crippen LogP contribution < -0.4 is 4.35 Å². The number of rotatable bonds is 5. The van der Waals surface area contributed by atoms with Gasteiger partial charge in [-0.1, -0.05) is 0 Å². The minimum atomic E-state index is -0.703. The molecule has 0 N–H and O–H groups in total. The van der Waals surface area contributed by atoms with E-state index in [1.807, 2.05) is 0 Å². The van der Waals surface area contributed by atoms with E-state index in [1.54, 1.807) is 4.35 Å². The first-order valence-electron chi connectivity index (χ1n) is 5.28. The number of halogens is 1. The topological polar surface area (TPSA) is 0 Å². The summed E-state index contributed by atoms with van der Waals surface area (Å²) >= 11 is 2.79. The summed E-state index contributed by atoms with van der Waals surface area (Å²) in [6, 6.07) is 9.00. The molecule has 0 fully saturated rings. The third kappa shape index (κ3) is 3.79. The van der Waals surface area contributed by atoms with Crippen LogP contribution in [0.1, 0.15) is 26.7 Å². The Morgan fingerprint density at radius 1 is 1.00 bits per heavy atom. The average Bonchev–Trinajstić information content (AvgIpc) is 2.19. The molecular formula is C12H18AsBr. The predicted molar refractivity (Wildman–Crippen MR) is 69.7 cm³/mol.